The van der Waals surface area contributed by atoms with Gasteiger partial charge in [0, 0.05) is 18.7 Å². The zero-order valence-corrected chi connectivity index (χ0v) is 17.5. The molecule has 1 aromatic heterocycles. The van der Waals surface area contributed by atoms with E-state index in [1.807, 2.05) is 25.1 Å². The number of rotatable bonds is 6. The molecule has 1 aliphatic heterocycles. The predicted molar refractivity (Wildman–Crippen MR) is 113 cm³/mol. The lowest BCUT2D eigenvalue weighted by Gasteiger charge is -2.27. The molecule has 0 unspecified atom stereocenters. The average Bonchev–Trinajstić information content (AvgIpc) is 3.03. The fraction of sp³-hybridized carbons (Fsp3) is 0.304. The standard InChI is InChI=1S/C23H24N2O5/c1-24(2)11-12-25-20(16-13-14(28-3)9-10-17(16)29-4)19-21(26)15-7-5-6-8-18(15)30-22(19)23(25)27/h5-10,13,20H,11-12H2,1-4H3/t20-/m0/s1. The molecule has 0 saturated carbocycles. The third-order valence-electron chi connectivity index (χ3n) is 5.39. The molecular weight excluding hydrogens is 384 g/mol. The van der Waals surface area contributed by atoms with E-state index >= 15 is 0 Å². The first kappa shape index (κ1) is 20.0. The summed E-state index contributed by atoms with van der Waals surface area (Å²) in [5.41, 5.74) is 1.22. The fourth-order valence-corrected chi connectivity index (χ4v) is 3.88. The van der Waals surface area contributed by atoms with Crippen molar-refractivity contribution in [1.29, 1.82) is 0 Å². The Morgan fingerprint density at radius 2 is 1.83 bits per heavy atom. The average molecular weight is 408 g/mol. The zero-order valence-electron chi connectivity index (χ0n) is 17.5. The van der Waals surface area contributed by atoms with Crippen molar-refractivity contribution in [3.63, 3.8) is 0 Å². The SMILES string of the molecule is COc1ccc(OC)c([C@H]2c3c(oc4ccccc4c3=O)C(=O)N2CCN(C)C)c1. The highest BCUT2D eigenvalue weighted by Crippen LogP contribution is 2.42. The van der Waals surface area contributed by atoms with Crippen LogP contribution in [0.15, 0.2) is 51.7 Å². The predicted octanol–water partition coefficient (Wildman–Crippen LogP) is 2.92. The van der Waals surface area contributed by atoms with Crippen molar-refractivity contribution in [1.82, 2.24) is 9.80 Å². The molecule has 4 rings (SSSR count). The topological polar surface area (TPSA) is 72.2 Å². The number of carbonyl (C=O) groups excluding carboxylic acids is 1. The van der Waals surface area contributed by atoms with Crippen LogP contribution < -0.4 is 14.9 Å². The second-order valence-electron chi connectivity index (χ2n) is 7.48. The van der Waals surface area contributed by atoms with E-state index in [0.717, 1.165) is 0 Å². The Balaban J connectivity index is 1.98. The molecule has 1 aliphatic rings. The van der Waals surface area contributed by atoms with Crippen LogP contribution in [0.1, 0.15) is 27.7 Å². The Labute approximate surface area is 174 Å². The van der Waals surface area contributed by atoms with E-state index in [2.05, 4.69) is 0 Å². The Morgan fingerprint density at radius 1 is 1.07 bits per heavy atom. The second kappa shape index (κ2) is 7.84. The summed E-state index contributed by atoms with van der Waals surface area (Å²) in [6.07, 6.45) is 0. The normalized spacial score (nSPS) is 15.7. The van der Waals surface area contributed by atoms with Gasteiger partial charge in [0.1, 0.15) is 17.1 Å². The molecule has 0 saturated heterocycles. The third kappa shape index (κ3) is 3.21. The number of para-hydroxylation sites is 1. The molecule has 0 radical (unpaired) electrons. The summed E-state index contributed by atoms with van der Waals surface area (Å²) in [6, 6.07) is 11.7. The van der Waals surface area contributed by atoms with Crippen molar-refractivity contribution >= 4 is 16.9 Å². The first-order valence-electron chi connectivity index (χ1n) is 9.69. The number of nitrogens with zero attached hydrogens (tertiary/aromatic N) is 2. The van der Waals surface area contributed by atoms with Crippen LogP contribution in [0.25, 0.3) is 11.0 Å². The number of hydrogen-bond acceptors (Lipinski definition) is 6. The van der Waals surface area contributed by atoms with Gasteiger partial charge in [0.2, 0.25) is 5.76 Å². The van der Waals surface area contributed by atoms with Gasteiger partial charge in [0.15, 0.2) is 5.43 Å². The minimum Gasteiger partial charge on any atom is -0.497 e. The quantitative estimate of drug-likeness (QED) is 0.625. The Bertz CT molecular complexity index is 1170. The van der Waals surface area contributed by atoms with Gasteiger partial charge in [-0.05, 0) is 44.4 Å². The maximum absolute atomic E-state index is 13.5. The van der Waals surface area contributed by atoms with Crippen molar-refractivity contribution in [2.24, 2.45) is 0 Å². The molecule has 0 fully saturated rings. The highest BCUT2D eigenvalue weighted by atomic mass is 16.5. The van der Waals surface area contributed by atoms with E-state index in [9.17, 15) is 9.59 Å². The molecule has 0 aliphatic carbocycles. The van der Waals surface area contributed by atoms with Crippen molar-refractivity contribution in [3.8, 4) is 11.5 Å². The lowest BCUT2D eigenvalue weighted by atomic mass is 9.97. The number of likely N-dealkylation sites (N-methyl/N-ethyl adjacent to an activating group) is 1. The van der Waals surface area contributed by atoms with E-state index in [4.69, 9.17) is 13.9 Å². The molecule has 0 spiro atoms. The largest absolute Gasteiger partial charge is 0.497 e. The van der Waals surface area contributed by atoms with Gasteiger partial charge in [-0.15, -0.1) is 0 Å². The molecule has 7 heteroatoms. The van der Waals surface area contributed by atoms with E-state index in [1.54, 1.807) is 55.5 Å². The van der Waals surface area contributed by atoms with Crippen LogP contribution in [0.5, 0.6) is 11.5 Å². The zero-order chi connectivity index (χ0) is 21.4. The first-order chi connectivity index (χ1) is 14.5. The minimum absolute atomic E-state index is 0.0901. The van der Waals surface area contributed by atoms with E-state index < -0.39 is 6.04 Å². The number of ether oxygens (including phenoxy) is 2. The number of methoxy groups -OCH3 is 2. The highest BCUT2D eigenvalue weighted by molar-refractivity contribution is 5.99. The van der Waals surface area contributed by atoms with Gasteiger partial charge in [0.25, 0.3) is 5.91 Å². The van der Waals surface area contributed by atoms with Gasteiger partial charge in [0.05, 0.1) is 31.2 Å². The number of fused-ring (bicyclic) bond motifs is 2. The minimum atomic E-state index is -0.627. The van der Waals surface area contributed by atoms with Crippen LogP contribution in [0, 0.1) is 0 Å². The van der Waals surface area contributed by atoms with Gasteiger partial charge in [-0.1, -0.05) is 12.1 Å². The molecular formula is C23H24N2O5. The lowest BCUT2D eigenvalue weighted by molar-refractivity contribution is 0.0715. The van der Waals surface area contributed by atoms with Gasteiger partial charge < -0.3 is 23.7 Å². The summed E-state index contributed by atoms with van der Waals surface area (Å²) in [4.78, 5) is 30.5. The van der Waals surface area contributed by atoms with Gasteiger partial charge in [-0.25, -0.2) is 0 Å². The molecule has 0 N–H and O–H groups in total. The van der Waals surface area contributed by atoms with Gasteiger partial charge in [-0.3, -0.25) is 9.59 Å². The van der Waals surface area contributed by atoms with E-state index in [-0.39, 0.29) is 17.1 Å². The van der Waals surface area contributed by atoms with Crippen molar-refractivity contribution < 1.29 is 18.7 Å². The lowest BCUT2D eigenvalue weighted by Crippen LogP contribution is -2.35. The summed E-state index contributed by atoms with van der Waals surface area (Å²) in [5, 5.41) is 0.449. The summed E-state index contributed by atoms with van der Waals surface area (Å²) in [7, 11) is 7.01. The molecule has 2 heterocycles. The molecule has 2 aromatic carbocycles. The summed E-state index contributed by atoms with van der Waals surface area (Å²) in [5.74, 6) is 0.977. The van der Waals surface area contributed by atoms with Crippen LogP contribution in [0.3, 0.4) is 0 Å². The van der Waals surface area contributed by atoms with Gasteiger partial charge in [-0.2, -0.15) is 0 Å². The van der Waals surface area contributed by atoms with E-state index in [1.165, 1.54) is 0 Å². The van der Waals surface area contributed by atoms with Crippen molar-refractivity contribution in [2.75, 3.05) is 41.4 Å². The van der Waals surface area contributed by atoms with Crippen molar-refractivity contribution in [3.05, 3.63) is 69.6 Å². The molecule has 156 valence electrons. The van der Waals surface area contributed by atoms with E-state index in [0.29, 0.717) is 46.7 Å². The maximum atomic E-state index is 13.5. The highest BCUT2D eigenvalue weighted by Gasteiger charge is 2.43. The monoisotopic (exact) mass is 408 g/mol. The molecule has 30 heavy (non-hydrogen) atoms. The van der Waals surface area contributed by atoms with Crippen LogP contribution >= 0.6 is 0 Å². The number of amides is 1. The van der Waals surface area contributed by atoms with Gasteiger partial charge >= 0.3 is 0 Å². The Morgan fingerprint density at radius 3 is 2.53 bits per heavy atom. The summed E-state index contributed by atoms with van der Waals surface area (Å²) < 4.78 is 16.9. The molecule has 0 bridgehead atoms. The number of benzene rings is 2. The first-order valence-corrected chi connectivity index (χ1v) is 9.69. The fourth-order valence-electron chi connectivity index (χ4n) is 3.88. The smallest absolute Gasteiger partial charge is 0.290 e. The molecule has 1 atom stereocenters. The molecule has 7 nitrogen and oxygen atoms in total. The number of hydrogen-bond donors (Lipinski definition) is 0. The van der Waals surface area contributed by atoms with Crippen LogP contribution in [-0.4, -0.2) is 57.1 Å². The molecule has 1 amide bonds. The summed E-state index contributed by atoms with van der Waals surface area (Å²) in [6.45, 7) is 1.06. The third-order valence-corrected chi connectivity index (χ3v) is 5.39. The summed E-state index contributed by atoms with van der Waals surface area (Å²) >= 11 is 0. The maximum Gasteiger partial charge on any atom is 0.290 e. The Hall–Kier alpha value is -3.32. The van der Waals surface area contributed by atoms with Crippen LogP contribution in [0.4, 0.5) is 0 Å². The number of carbonyl (C=O) groups is 1. The van der Waals surface area contributed by atoms with Crippen LogP contribution in [-0.2, 0) is 0 Å². The Kier molecular flexibility index (Phi) is 5.22. The second-order valence-corrected chi connectivity index (χ2v) is 7.48. The van der Waals surface area contributed by atoms with Crippen LogP contribution in [0.2, 0.25) is 0 Å². The van der Waals surface area contributed by atoms with Crippen molar-refractivity contribution in [2.45, 2.75) is 6.04 Å². The molecule has 3 aromatic rings.